The highest BCUT2D eigenvalue weighted by Crippen LogP contribution is 2.23. The summed E-state index contributed by atoms with van der Waals surface area (Å²) >= 11 is 0. The third-order valence-electron chi connectivity index (χ3n) is 6.26. The second-order valence-electron chi connectivity index (χ2n) is 9.01. The highest BCUT2D eigenvalue weighted by atomic mass is 16.5. The Bertz CT molecular complexity index is 821. The first-order chi connectivity index (χ1) is 15.1. The summed E-state index contributed by atoms with van der Waals surface area (Å²) < 4.78 is 11.7. The van der Waals surface area contributed by atoms with Crippen LogP contribution in [-0.2, 0) is 11.3 Å². The molecule has 2 atom stereocenters. The van der Waals surface area contributed by atoms with E-state index in [9.17, 15) is 4.79 Å². The zero-order valence-corrected chi connectivity index (χ0v) is 18.7. The number of likely N-dealkylation sites (tertiary alicyclic amines) is 1. The van der Waals surface area contributed by atoms with Crippen molar-refractivity contribution in [3.8, 4) is 5.75 Å². The maximum atomic E-state index is 12.9. The number of hydrogen-bond acceptors (Lipinski definition) is 4. The highest BCUT2D eigenvalue weighted by Gasteiger charge is 2.28. The first-order valence-corrected chi connectivity index (χ1v) is 11.5. The molecule has 2 fully saturated rings. The third kappa shape index (κ3) is 6.08. The number of piperidine rings is 1. The second kappa shape index (κ2) is 10.3. The van der Waals surface area contributed by atoms with E-state index in [-0.39, 0.29) is 5.91 Å². The van der Waals surface area contributed by atoms with Gasteiger partial charge in [0.15, 0.2) is 0 Å². The standard InChI is InChI=1S/C26H34N2O3/c1-20-16-27(17-21(2)31-20)18-22-12-14-28(15-13-22)26(29)24-8-10-25(11-9-24)30-19-23-6-4-3-5-7-23/h3-11,20-22H,12-19H2,1-2H3. The van der Waals surface area contributed by atoms with Crippen molar-refractivity contribution < 1.29 is 14.3 Å². The molecule has 0 radical (unpaired) electrons. The van der Waals surface area contributed by atoms with Crippen LogP contribution < -0.4 is 4.74 Å². The minimum atomic E-state index is 0.127. The van der Waals surface area contributed by atoms with Crippen molar-refractivity contribution in [2.24, 2.45) is 5.92 Å². The Morgan fingerprint density at radius 1 is 0.968 bits per heavy atom. The summed E-state index contributed by atoms with van der Waals surface area (Å²) in [5.74, 6) is 1.57. The van der Waals surface area contributed by atoms with Gasteiger partial charge < -0.3 is 14.4 Å². The van der Waals surface area contributed by atoms with Gasteiger partial charge in [-0.05, 0) is 62.4 Å². The van der Waals surface area contributed by atoms with Gasteiger partial charge in [-0.15, -0.1) is 0 Å². The van der Waals surface area contributed by atoms with Crippen LogP contribution in [0.15, 0.2) is 54.6 Å². The van der Waals surface area contributed by atoms with Crippen molar-refractivity contribution in [3.63, 3.8) is 0 Å². The van der Waals surface area contributed by atoms with Crippen LogP contribution >= 0.6 is 0 Å². The minimum Gasteiger partial charge on any atom is -0.489 e. The van der Waals surface area contributed by atoms with Crippen LogP contribution in [0.25, 0.3) is 0 Å². The fourth-order valence-corrected chi connectivity index (χ4v) is 4.73. The molecule has 2 unspecified atom stereocenters. The van der Waals surface area contributed by atoms with Crippen molar-refractivity contribution in [1.82, 2.24) is 9.80 Å². The Balaban J connectivity index is 1.24. The number of amides is 1. The van der Waals surface area contributed by atoms with Crippen molar-refractivity contribution >= 4 is 5.91 Å². The predicted octanol–water partition coefficient (Wildman–Crippen LogP) is 4.23. The molecule has 4 rings (SSSR count). The molecule has 1 amide bonds. The van der Waals surface area contributed by atoms with Crippen LogP contribution in [-0.4, -0.2) is 60.6 Å². The molecule has 5 nitrogen and oxygen atoms in total. The summed E-state index contributed by atoms with van der Waals surface area (Å²) in [7, 11) is 0. The molecule has 31 heavy (non-hydrogen) atoms. The van der Waals surface area contributed by atoms with E-state index in [4.69, 9.17) is 9.47 Å². The molecule has 0 saturated carbocycles. The molecular formula is C26H34N2O3. The molecular weight excluding hydrogens is 388 g/mol. The number of carbonyl (C=O) groups excluding carboxylic acids is 1. The fourth-order valence-electron chi connectivity index (χ4n) is 4.73. The second-order valence-corrected chi connectivity index (χ2v) is 9.01. The van der Waals surface area contributed by atoms with Crippen LogP contribution in [0, 0.1) is 5.92 Å². The van der Waals surface area contributed by atoms with E-state index >= 15 is 0 Å². The van der Waals surface area contributed by atoms with Gasteiger partial charge in [-0.25, -0.2) is 0 Å². The molecule has 5 heteroatoms. The molecule has 0 N–H and O–H groups in total. The van der Waals surface area contributed by atoms with E-state index in [0.29, 0.717) is 24.7 Å². The summed E-state index contributed by atoms with van der Waals surface area (Å²) in [4.78, 5) is 17.5. The normalized spacial score (nSPS) is 23.0. The van der Waals surface area contributed by atoms with Gasteiger partial charge in [-0.3, -0.25) is 9.69 Å². The topological polar surface area (TPSA) is 42.0 Å². The lowest BCUT2D eigenvalue weighted by molar-refractivity contribution is -0.0728. The van der Waals surface area contributed by atoms with Gasteiger partial charge in [0.25, 0.3) is 5.91 Å². The first-order valence-electron chi connectivity index (χ1n) is 11.5. The van der Waals surface area contributed by atoms with Gasteiger partial charge in [0.05, 0.1) is 12.2 Å². The van der Waals surface area contributed by atoms with Gasteiger partial charge in [-0.1, -0.05) is 30.3 Å². The Labute approximate surface area is 185 Å². The molecule has 2 aliphatic rings. The lowest BCUT2D eigenvalue weighted by Gasteiger charge is -2.39. The van der Waals surface area contributed by atoms with Crippen molar-refractivity contribution in [2.45, 2.75) is 45.5 Å². The number of rotatable bonds is 6. The van der Waals surface area contributed by atoms with Crippen LogP contribution in [0.1, 0.15) is 42.6 Å². The summed E-state index contributed by atoms with van der Waals surface area (Å²) in [6.07, 6.45) is 2.77. The first kappa shape index (κ1) is 21.8. The number of benzene rings is 2. The molecule has 0 spiro atoms. The number of ether oxygens (including phenoxy) is 2. The summed E-state index contributed by atoms with van der Waals surface area (Å²) in [5, 5.41) is 0. The summed E-state index contributed by atoms with van der Waals surface area (Å²) in [5.41, 5.74) is 1.87. The molecule has 0 aromatic heterocycles. The third-order valence-corrected chi connectivity index (χ3v) is 6.26. The van der Waals surface area contributed by atoms with Gasteiger partial charge in [0.1, 0.15) is 12.4 Å². The number of carbonyl (C=O) groups is 1. The molecule has 2 aliphatic heterocycles. The van der Waals surface area contributed by atoms with Gasteiger partial charge in [0, 0.05) is 38.3 Å². The van der Waals surface area contributed by atoms with Crippen molar-refractivity contribution in [2.75, 3.05) is 32.7 Å². The van der Waals surface area contributed by atoms with Gasteiger partial charge >= 0.3 is 0 Å². The van der Waals surface area contributed by atoms with Crippen LogP contribution in [0.2, 0.25) is 0 Å². The van der Waals surface area contributed by atoms with E-state index in [1.807, 2.05) is 59.5 Å². The largest absolute Gasteiger partial charge is 0.489 e. The fraction of sp³-hybridized carbons (Fsp3) is 0.500. The quantitative estimate of drug-likeness (QED) is 0.699. The number of nitrogens with zero attached hydrogens (tertiary/aromatic N) is 2. The predicted molar refractivity (Wildman–Crippen MR) is 122 cm³/mol. The van der Waals surface area contributed by atoms with E-state index in [1.165, 1.54) is 0 Å². The summed E-state index contributed by atoms with van der Waals surface area (Å²) in [6.45, 7) is 9.67. The smallest absolute Gasteiger partial charge is 0.253 e. The zero-order valence-electron chi connectivity index (χ0n) is 18.7. The molecule has 166 valence electrons. The van der Waals surface area contributed by atoms with Crippen molar-refractivity contribution in [1.29, 1.82) is 0 Å². The van der Waals surface area contributed by atoms with E-state index in [0.717, 1.165) is 62.4 Å². The Kier molecular flexibility index (Phi) is 7.25. The van der Waals surface area contributed by atoms with E-state index in [1.54, 1.807) is 0 Å². The number of hydrogen-bond donors (Lipinski definition) is 0. The molecule has 2 aromatic carbocycles. The van der Waals surface area contributed by atoms with Crippen molar-refractivity contribution in [3.05, 3.63) is 65.7 Å². The van der Waals surface area contributed by atoms with Gasteiger partial charge in [-0.2, -0.15) is 0 Å². The van der Waals surface area contributed by atoms with Crippen LogP contribution in [0.5, 0.6) is 5.75 Å². The number of morpholine rings is 1. The maximum Gasteiger partial charge on any atom is 0.253 e. The maximum absolute atomic E-state index is 12.9. The lowest BCUT2D eigenvalue weighted by Crippen LogP contribution is -2.48. The summed E-state index contributed by atoms with van der Waals surface area (Å²) in [6, 6.07) is 17.6. The van der Waals surface area contributed by atoms with E-state index in [2.05, 4.69) is 18.7 Å². The molecule has 0 aliphatic carbocycles. The molecule has 2 heterocycles. The molecule has 2 aromatic rings. The average Bonchev–Trinajstić information content (AvgIpc) is 2.78. The average molecular weight is 423 g/mol. The van der Waals surface area contributed by atoms with Gasteiger partial charge in [0.2, 0.25) is 0 Å². The molecule has 0 bridgehead atoms. The Morgan fingerprint density at radius 3 is 2.26 bits per heavy atom. The Morgan fingerprint density at radius 2 is 1.61 bits per heavy atom. The minimum absolute atomic E-state index is 0.127. The van der Waals surface area contributed by atoms with Crippen LogP contribution in [0.4, 0.5) is 0 Å². The molecule has 2 saturated heterocycles. The Hall–Kier alpha value is -2.37. The zero-order chi connectivity index (χ0) is 21.6. The van der Waals surface area contributed by atoms with E-state index < -0.39 is 0 Å². The van der Waals surface area contributed by atoms with Crippen LogP contribution in [0.3, 0.4) is 0 Å². The highest BCUT2D eigenvalue weighted by molar-refractivity contribution is 5.94. The SMILES string of the molecule is CC1CN(CC2CCN(C(=O)c3ccc(OCc4ccccc4)cc3)CC2)CC(C)O1. The monoisotopic (exact) mass is 422 g/mol. The lowest BCUT2D eigenvalue weighted by atomic mass is 9.95.